The van der Waals surface area contributed by atoms with Crippen molar-refractivity contribution in [2.45, 2.75) is 13.1 Å². The van der Waals surface area contributed by atoms with Gasteiger partial charge in [-0.05, 0) is 24.6 Å². The Bertz CT molecular complexity index is 593. The molecule has 0 aliphatic rings. The molecule has 21 heavy (non-hydrogen) atoms. The summed E-state index contributed by atoms with van der Waals surface area (Å²) in [6, 6.07) is 4.51. The standard InChI is InChI=1S/C13H13F3N4O/c1-9(21)12(8-19-20-17-2)18-7-10-3-5-11(6-4-10)13(14,15)16/h3-7H,8H2,1-2H3/p+1/b12-9-,18-7?. The maximum absolute atomic E-state index is 12.4. The van der Waals surface area contributed by atoms with Crippen LogP contribution in [-0.2, 0) is 6.18 Å². The number of nitrogens with zero attached hydrogens (tertiary/aromatic N) is 4. The zero-order chi connectivity index (χ0) is 15.9. The first-order valence-electron chi connectivity index (χ1n) is 5.90. The van der Waals surface area contributed by atoms with Crippen molar-refractivity contribution in [3.63, 3.8) is 0 Å². The second kappa shape index (κ2) is 7.35. The van der Waals surface area contributed by atoms with Gasteiger partial charge in [-0.2, -0.15) is 13.2 Å². The molecule has 0 fully saturated rings. The zero-order valence-corrected chi connectivity index (χ0v) is 11.5. The summed E-state index contributed by atoms with van der Waals surface area (Å²) in [7, 11) is 1.45. The summed E-state index contributed by atoms with van der Waals surface area (Å²) < 4.78 is 37.2. The molecule has 0 aliphatic heterocycles. The van der Waals surface area contributed by atoms with Crippen molar-refractivity contribution in [1.29, 1.82) is 0 Å². The Morgan fingerprint density at radius 3 is 2.38 bits per heavy atom. The number of allylic oxidation sites excluding steroid dienone is 1. The maximum atomic E-state index is 12.4. The van der Waals surface area contributed by atoms with Gasteiger partial charge in [0.15, 0.2) is 6.54 Å². The number of aliphatic hydroxyl groups excluding tert-OH is 1. The van der Waals surface area contributed by atoms with Crippen LogP contribution < -0.4 is 4.91 Å². The third kappa shape index (κ3) is 5.58. The van der Waals surface area contributed by atoms with Crippen molar-refractivity contribution in [2.75, 3.05) is 13.6 Å². The van der Waals surface area contributed by atoms with Crippen molar-refractivity contribution in [1.82, 2.24) is 4.91 Å². The highest BCUT2D eigenvalue weighted by Crippen LogP contribution is 2.28. The maximum Gasteiger partial charge on any atom is 0.416 e. The zero-order valence-electron chi connectivity index (χ0n) is 11.5. The lowest BCUT2D eigenvalue weighted by Crippen LogP contribution is -2.04. The van der Waals surface area contributed by atoms with Crippen LogP contribution >= 0.6 is 0 Å². The van der Waals surface area contributed by atoms with E-state index < -0.39 is 11.7 Å². The highest BCUT2D eigenvalue weighted by molar-refractivity contribution is 5.80. The van der Waals surface area contributed by atoms with Gasteiger partial charge in [0.05, 0.1) is 5.56 Å². The molecular weight excluding hydrogens is 285 g/mol. The smallest absolute Gasteiger partial charge is 0.416 e. The van der Waals surface area contributed by atoms with Crippen molar-refractivity contribution >= 4 is 6.21 Å². The van der Waals surface area contributed by atoms with Gasteiger partial charge in [-0.3, -0.25) is 4.99 Å². The van der Waals surface area contributed by atoms with Gasteiger partial charge >= 0.3 is 6.18 Å². The van der Waals surface area contributed by atoms with E-state index in [4.69, 9.17) is 0 Å². The molecule has 8 heteroatoms. The largest absolute Gasteiger partial charge is 0.511 e. The van der Waals surface area contributed by atoms with Crippen molar-refractivity contribution in [3.05, 3.63) is 46.8 Å². The number of halogens is 3. The monoisotopic (exact) mass is 299 g/mol. The third-order valence-electron chi connectivity index (χ3n) is 2.40. The quantitative estimate of drug-likeness (QED) is 0.393. The van der Waals surface area contributed by atoms with Crippen molar-refractivity contribution in [3.8, 4) is 0 Å². The van der Waals surface area contributed by atoms with Gasteiger partial charge in [0.1, 0.15) is 28.7 Å². The van der Waals surface area contributed by atoms with Crippen LogP contribution in [0.2, 0.25) is 0 Å². The first-order chi connectivity index (χ1) is 9.84. The number of rotatable bonds is 4. The van der Waals surface area contributed by atoms with Crippen LogP contribution in [0.4, 0.5) is 13.2 Å². The lowest BCUT2D eigenvalue weighted by atomic mass is 10.1. The van der Waals surface area contributed by atoms with Crippen molar-refractivity contribution in [2.24, 2.45) is 15.2 Å². The minimum Gasteiger partial charge on any atom is -0.511 e. The van der Waals surface area contributed by atoms with E-state index in [1.807, 2.05) is 0 Å². The molecule has 0 aromatic heterocycles. The predicted molar refractivity (Wildman–Crippen MR) is 72.1 cm³/mol. The Balaban J connectivity index is 2.88. The minimum atomic E-state index is -4.37. The molecule has 0 spiro atoms. The molecule has 1 aromatic rings. The lowest BCUT2D eigenvalue weighted by Gasteiger charge is -2.05. The summed E-state index contributed by atoms with van der Waals surface area (Å²) in [6.45, 7) is 1.45. The molecule has 0 saturated carbocycles. The van der Waals surface area contributed by atoms with E-state index in [0.29, 0.717) is 5.56 Å². The number of hydrogen-bond acceptors (Lipinski definition) is 4. The number of benzene rings is 1. The Labute approximate surface area is 119 Å². The summed E-state index contributed by atoms with van der Waals surface area (Å²) >= 11 is 0. The highest BCUT2D eigenvalue weighted by atomic mass is 19.4. The molecule has 0 unspecified atom stereocenters. The molecule has 0 saturated heterocycles. The second-order valence-corrected chi connectivity index (χ2v) is 4.00. The van der Waals surface area contributed by atoms with Gasteiger partial charge in [0, 0.05) is 6.21 Å². The highest BCUT2D eigenvalue weighted by Gasteiger charge is 2.29. The van der Waals surface area contributed by atoms with Gasteiger partial charge in [0.2, 0.25) is 4.91 Å². The van der Waals surface area contributed by atoms with Gasteiger partial charge in [-0.1, -0.05) is 12.1 Å². The number of aliphatic imine (C=N–C) groups is 1. The molecule has 0 heterocycles. The topological polar surface area (TPSA) is 71.4 Å². The summed E-state index contributed by atoms with van der Waals surface area (Å²) in [5, 5.41) is 16.5. The van der Waals surface area contributed by atoms with E-state index in [-0.39, 0.29) is 18.0 Å². The summed E-state index contributed by atoms with van der Waals surface area (Å²) in [5.41, 5.74) is -0.00622. The Hall–Kier alpha value is -2.47. The summed E-state index contributed by atoms with van der Waals surface area (Å²) in [5.74, 6) is -0.0479. The Morgan fingerprint density at radius 2 is 1.90 bits per heavy atom. The van der Waals surface area contributed by atoms with Crippen molar-refractivity contribution < 1.29 is 18.3 Å². The van der Waals surface area contributed by atoms with Crippen LogP contribution in [0.15, 0.2) is 50.9 Å². The van der Waals surface area contributed by atoms with E-state index in [2.05, 4.69) is 20.1 Å². The van der Waals surface area contributed by atoms with Crippen LogP contribution in [0, 0.1) is 0 Å². The van der Waals surface area contributed by atoms with E-state index in [0.717, 1.165) is 12.1 Å². The molecule has 112 valence electrons. The lowest BCUT2D eigenvalue weighted by molar-refractivity contribution is -0.137. The molecule has 0 radical (unpaired) electrons. The van der Waals surface area contributed by atoms with Crippen LogP contribution in [-0.4, -0.2) is 24.9 Å². The average molecular weight is 299 g/mol. The van der Waals surface area contributed by atoms with Crippen LogP contribution in [0.3, 0.4) is 0 Å². The van der Waals surface area contributed by atoms with E-state index in [9.17, 15) is 18.3 Å². The fraction of sp³-hybridized carbons (Fsp3) is 0.308. The third-order valence-corrected chi connectivity index (χ3v) is 2.40. The Morgan fingerprint density at radius 1 is 1.29 bits per heavy atom. The number of alkyl halides is 3. The second-order valence-electron chi connectivity index (χ2n) is 4.00. The normalized spacial score (nSPS) is 12.8. The van der Waals surface area contributed by atoms with Crippen LogP contribution in [0.25, 0.3) is 0 Å². The molecular formula is C13H14F3N4O+. The molecule has 1 N–H and O–H groups in total. The summed E-state index contributed by atoms with van der Waals surface area (Å²) in [6.07, 6.45) is -3.03. The van der Waals surface area contributed by atoms with Gasteiger partial charge < -0.3 is 5.11 Å². The van der Waals surface area contributed by atoms with Gasteiger partial charge in [-0.25, -0.2) is 0 Å². The molecule has 0 aliphatic carbocycles. The first-order valence-corrected chi connectivity index (χ1v) is 5.90. The van der Waals surface area contributed by atoms with Gasteiger partial charge in [0.25, 0.3) is 0 Å². The first kappa shape index (κ1) is 16.6. The fourth-order valence-electron chi connectivity index (χ4n) is 1.32. The predicted octanol–water partition coefficient (Wildman–Crippen LogP) is 3.52. The molecule has 0 atom stereocenters. The molecule has 1 rings (SSSR count). The van der Waals surface area contributed by atoms with Crippen LogP contribution in [0.1, 0.15) is 18.1 Å². The number of aliphatic hydroxyl groups is 1. The number of hydrogen-bond donors (Lipinski definition) is 1. The van der Waals surface area contributed by atoms with E-state index in [1.165, 1.54) is 32.3 Å². The fourth-order valence-corrected chi connectivity index (χ4v) is 1.32. The molecule has 1 aromatic carbocycles. The summed E-state index contributed by atoms with van der Waals surface area (Å²) in [4.78, 5) is 7.38. The SMILES string of the molecule is CN=[N+]=NC/C(N=Cc1ccc(C(F)(F)F)cc1)=C(\C)O. The van der Waals surface area contributed by atoms with Gasteiger partial charge in [-0.15, -0.1) is 0 Å². The average Bonchev–Trinajstić information content (AvgIpc) is 2.41. The molecule has 0 bridgehead atoms. The van der Waals surface area contributed by atoms with E-state index in [1.54, 1.807) is 0 Å². The molecule has 0 amide bonds. The minimum absolute atomic E-state index is 0.0246. The van der Waals surface area contributed by atoms with Crippen LogP contribution in [0.5, 0.6) is 0 Å². The van der Waals surface area contributed by atoms with E-state index >= 15 is 0 Å². The Kier molecular flexibility index (Phi) is 5.80. The molecule has 5 nitrogen and oxygen atoms in total.